The van der Waals surface area contributed by atoms with E-state index >= 15 is 0 Å². The second-order valence-electron chi connectivity index (χ2n) is 8.69. The molecule has 5 rings (SSSR count). The van der Waals surface area contributed by atoms with E-state index in [1.807, 2.05) is 55.5 Å². The average Bonchev–Trinajstić information content (AvgIpc) is 3.32. The molecule has 1 saturated heterocycles. The molecule has 1 atom stereocenters. The lowest BCUT2D eigenvalue weighted by atomic mass is 10.1. The number of hydrogen-bond donors (Lipinski definition) is 2. The fourth-order valence-corrected chi connectivity index (χ4v) is 4.39. The molecule has 174 valence electrons. The first kappa shape index (κ1) is 22.1. The van der Waals surface area contributed by atoms with Gasteiger partial charge in [-0.05, 0) is 48.9 Å². The summed E-state index contributed by atoms with van der Waals surface area (Å²) in [5, 5.41) is 3.07. The van der Waals surface area contributed by atoms with Gasteiger partial charge in [0.2, 0.25) is 5.91 Å². The minimum absolute atomic E-state index is 0.0246. The summed E-state index contributed by atoms with van der Waals surface area (Å²) in [6.45, 7) is 5.64. The minimum atomic E-state index is -0.225. The third-order valence-corrected chi connectivity index (χ3v) is 6.52. The zero-order valence-electron chi connectivity index (χ0n) is 19.2. The smallest absolute Gasteiger partial charge is 0.237 e. The van der Waals surface area contributed by atoms with E-state index in [1.165, 1.54) is 12.1 Å². The Labute approximate surface area is 198 Å². The molecule has 1 aliphatic heterocycles. The number of aromatic nitrogens is 2. The Morgan fingerprint density at radius 3 is 2.41 bits per heavy atom. The van der Waals surface area contributed by atoms with E-state index in [1.54, 1.807) is 12.1 Å². The van der Waals surface area contributed by atoms with Gasteiger partial charge in [0, 0.05) is 44.0 Å². The van der Waals surface area contributed by atoms with Crippen LogP contribution in [-0.2, 0) is 11.3 Å². The maximum absolute atomic E-state index is 13.2. The first-order valence-electron chi connectivity index (χ1n) is 11.6. The van der Waals surface area contributed by atoms with Gasteiger partial charge in [0.1, 0.15) is 11.6 Å². The van der Waals surface area contributed by atoms with Crippen molar-refractivity contribution in [2.75, 3.05) is 31.1 Å². The molecule has 1 fully saturated rings. The zero-order valence-corrected chi connectivity index (χ0v) is 19.2. The van der Waals surface area contributed by atoms with Crippen LogP contribution in [0.4, 0.5) is 10.1 Å². The SMILES string of the molecule is CC(C(=O)NCc1ccc(-c2nc3ccccc3[nH]2)cc1)N1CCN(c2ccc(F)cc2)CC1. The number of para-hydroxylation sites is 2. The molecule has 4 aromatic rings. The van der Waals surface area contributed by atoms with Gasteiger partial charge in [-0.3, -0.25) is 9.69 Å². The molecule has 0 spiro atoms. The number of piperazine rings is 1. The van der Waals surface area contributed by atoms with Crippen molar-refractivity contribution >= 4 is 22.6 Å². The van der Waals surface area contributed by atoms with Gasteiger partial charge in [0.15, 0.2) is 0 Å². The van der Waals surface area contributed by atoms with Crippen molar-refractivity contribution in [2.45, 2.75) is 19.5 Å². The number of carbonyl (C=O) groups excluding carboxylic acids is 1. The number of nitrogens with zero attached hydrogens (tertiary/aromatic N) is 3. The van der Waals surface area contributed by atoms with Crippen LogP contribution < -0.4 is 10.2 Å². The van der Waals surface area contributed by atoms with Gasteiger partial charge in [-0.2, -0.15) is 0 Å². The van der Waals surface area contributed by atoms with E-state index in [0.717, 1.165) is 59.9 Å². The van der Waals surface area contributed by atoms with Crippen molar-refractivity contribution in [1.82, 2.24) is 20.2 Å². The van der Waals surface area contributed by atoms with Gasteiger partial charge in [-0.25, -0.2) is 9.37 Å². The van der Waals surface area contributed by atoms with E-state index in [9.17, 15) is 9.18 Å². The van der Waals surface area contributed by atoms with Crippen molar-refractivity contribution in [3.8, 4) is 11.4 Å². The Bertz CT molecular complexity index is 1230. The van der Waals surface area contributed by atoms with Gasteiger partial charge in [-0.1, -0.05) is 36.4 Å². The van der Waals surface area contributed by atoms with Crippen molar-refractivity contribution in [3.05, 3.63) is 84.2 Å². The van der Waals surface area contributed by atoms with Crippen LogP contribution in [0.15, 0.2) is 72.8 Å². The first-order chi connectivity index (χ1) is 16.6. The number of rotatable bonds is 6. The zero-order chi connectivity index (χ0) is 23.5. The average molecular weight is 458 g/mol. The number of H-pyrrole nitrogens is 1. The van der Waals surface area contributed by atoms with E-state index in [4.69, 9.17) is 0 Å². The van der Waals surface area contributed by atoms with Crippen LogP contribution in [0.1, 0.15) is 12.5 Å². The molecule has 1 aromatic heterocycles. The largest absolute Gasteiger partial charge is 0.369 e. The van der Waals surface area contributed by atoms with Gasteiger partial charge >= 0.3 is 0 Å². The van der Waals surface area contributed by atoms with E-state index < -0.39 is 0 Å². The van der Waals surface area contributed by atoms with Gasteiger partial charge in [0.25, 0.3) is 0 Å². The van der Waals surface area contributed by atoms with Crippen LogP contribution in [0.5, 0.6) is 0 Å². The number of hydrogen-bond acceptors (Lipinski definition) is 4. The second kappa shape index (κ2) is 9.65. The number of fused-ring (bicyclic) bond motifs is 1. The number of nitrogens with one attached hydrogen (secondary N) is 2. The standard InChI is InChI=1S/C27H28FN5O/c1-19(32-14-16-33(17-15-32)23-12-10-22(28)11-13-23)27(34)29-18-20-6-8-21(9-7-20)26-30-24-4-2-3-5-25(24)31-26/h2-13,19H,14-18H2,1H3,(H,29,34)(H,30,31). The summed E-state index contributed by atoms with van der Waals surface area (Å²) in [6, 6.07) is 22.4. The maximum atomic E-state index is 13.2. The summed E-state index contributed by atoms with van der Waals surface area (Å²) in [6.07, 6.45) is 0. The number of anilines is 1. The van der Waals surface area contributed by atoms with E-state index in [-0.39, 0.29) is 17.8 Å². The monoisotopic (exact) mass is 457 g/mol. The predicted molar refractivity (Wildman–Crippen MR) is 133 cm³/mol. The number of amides is 1. The maximum Gasteiger partial charge on any atom is 0.237 e. The quantitative estimate of drug-likeness (QED) is 0.456. The number of carbonyl (C=O) groups is 1. The first-order valence-corrected chi connectivity index (χ1v) is 11.6. The summed E-state index contributed by atoms with van der Waals surface area (Å²) in [5.74, 6) is 0.638. The Balaban J connectivity index is 1.12. The van der Waals surface area contributed by atoms with Crippen molar-refractivity contribution < 1.29 is 9.18 Å². The molecular weight excluding hydrogens is 429 g/mol. The molecule has 3 aromatic carbocycles. The Hall–Kier alpha value is -3.71. The van der Waals surface area contributed by atoms with Crippen molar-refractivity contribution in [1.29, 1.82) is 0 Å². The molecule has 34 heavy (non-hydrogen) atoms. The van der Waals surface area contributed by atoms with Crippen LogP contribution in [0.3, 0.4) is 0 Å². The molecule has 1 unspecified atom stereocenters. The molecule has 0 bridgehead atoms. The highest BCUT2D eigenvalue weighted by molar-refractivity contribution is 5.81. The lowest BCUT2D eigenvalue weighted by Gasteiger charge is -2.38. The highest BCUT2D eigenvalue weighted by Gasteiger charge is 2.25. The van der Waals surface area contributed by atoms with Crippen LogP contribution in [0.2, 0.25) is 0 Å². The fraction of sp³-hybridized carbons (Fsp3) is 0.259. The highest BCUT2D eigenvalue weighted by atomic mass is 19.1. The van der Waals surface area contributed by atoms with E-state index in [2.05, 4.69) is 25.1 Å². The summed E-state index contributed by atoms with van der Waals surface area (Å²) >= 11 is 0. The molecule has 0 saturated carbocycles. The molecular formula is C27H28FN5O. The molecule has 7 heteroatoms. The molecule has 0 radical (unpaired) electrons. The lowest BCUT2D eigenvalue weighted by molar-refractivity contribution is -0.126. The summed E-state index contributed by atoms with van der Waals surface area (Å²) in [4.78, 5) is 25.2. The molecule has 2 N–H and O–H groups in total. The molecule has 2 heterocycles. The molecule has 0 aliphatic carbocycles. The minimum Gasteiger partial charge on any atom is -0.369 e. The summed E-state index contributed by atoms with van der Waals surface area (Å²) < 4.78 is 13.2. The number of benzene rings is 3. The Morgan fingerprint density at radius 2 is 1.71 bits per heavy atom. The van der Waals surface area contributed by atoms with E-state index in [0.29, 0.717) is 6.54 Å². The summed E-state index contributed by atoms with van der Waals surface area (Å²) in [7, 11) is 0. The van der Waals surface area contributed by atoms with Gasteiger partial charge < -0.3 is 15.2 Å². The van der Waals surface area contributed by atoms with Crippen molar-refractivity contribution in [3.63, 3.8) is 0 Å². The van der Waals surface area contributed by atoms with Crippen LogP contribution in [-0.4, -0.2) is 53.0 Å². The Kier molecular flexibility index (Phi) is 6.27. The second-order valence-corrected chi connectivity index (χ2v) is 8.69. The predicted octanol–water partition coefficient (Wildman–Crippen LogP) is 4.20. The Morgan fingerprint density at radius 1 is 1.00 bits per heavy atom. The highest BCUT2D eigenvalue weighted by Crippen LogP contribution is 2.21. The van der Waals surface area contributed by atoms with Crippen LogP contribution in [0.25, 0.3) is 22.4 Å². The van der Waals surface area contributed by atoms with Gasteiger partial charge in [-0.15, -0.1) is 0 Å². The van der Waals surface area contributed by atoms with Crippen LogP contribution >= 0.6 is 0 Å². The lowest BCUT2D eigenvalue weighted by Crippen LogP contribution is -2.53. The molecule has 1 aliphatic rings. The molecule has 6 nitrogen and oxygen atoms in total. The van der Waals surface area contributed by atoms with Crippen molar-refractivity contribution in [2.24, 2.45) is 0 Å². The number of halogens is 1. The topological polar surface area (TPSA) is 64.3 Å². The van der Waals surface area contributed by atoms with Gasteiger partial charge in [0.05, 0.1) is 17.1 Å². The number of imidazole rings is 1. The molecule has 1 amide bonds. The van der Waals surface area contributed by atoms with Crippen LogP contribution in [0, 0.1) is 5.82 Å². The number of aromatic amines is 1. The normalized spacial score (nSPS) is 15.4. The summed E-state index contributed by atoms with van der Waals surface area (Å²) in [5.41, 5.74) is 5.03. The fourth-order valence-electron chi connectivity index (χ4n) is 4.39. The third-order valence-electron chi connectivity index (χ3n) is 6.52. The third kappa shape index (κ3) is 4.79.